The fourth-order valence-corrected chi connectivity index (χ4v) is 1.03. The minimum Gasteiger partial charge on any atom is -0.255 e. The van der Waals surface area contributed by atoms with Gasteiger partial charge < -0.3 is 0 Å². The maximum absolute atomic E-state index is 4.19. The monoisotopic (exact) mass is 296 g/mol. The Kier molecular flexibility index (Phi) is 4.48. The van der Waals surface area contributed by atoms with Gasteiger partial charge in [0.2, 0.25) is 0 Å². The molecule has 0 aliphatic heterocycles. The van der Waals surface area contributed by atoms with Crippen LogP contribution in [0, 0.1) is 41.7 Å². The van der Waals surface area contributed by atoms with Gasteiger partial charge in [0, 0.05) is 54.1 Å². The summed E-state index contributed by atoms with van der Waals surface area (Å²) in [4.78, 5) is 8.37. The number of hydrogen-bond donors (Lipinski definition) is 0. The number of rotatable bonds is 1. The van der Waals surface area contributed by atoms with Gasteiger partial charge >= 0.3 is 0 Å². The SMILES string of the molecule is [Ce].c1ccc(-c2ccccn2)nc1. The Balaban J connectivity index is 0.000000845. The molecule has 2 heterocycles. The molecule has 0 aromatic carbocycles. The maximum atomic E-state index is 4.19. The molecule has 62 valence electrons. The van der Waals surface area contributed by atoms with Crippen molar-refractivity contribution in [2.45, 2.75) is 0 Å². The maximum Gasteiger partial charge on any atom is 0.0886 e. The van der Waals surface area contributed by atoms with Crippen molar-refractivity contribution in [1.29, 1.82) is 0 Å². The third-order valence-corrected chi connectivity index (χ3v) is 1.59. The minimum absolute atomic E-state index is 0. The number of hydrogen-bond acceptors (Lipinski definition) is 2. The molecule has 2 rings (SSSR count). The van der Waals surface area contributed by atoms with Gasteiger partial charge in [0.05, 0.1) is 11.4 Å². The summed E-state index contributed by atoms with van der Waals surface area (Å²) in [6.45, 7) is 0. The molecule has 0 unspecified atom stereocenters. The van der Waals surface area contributed by atoms with Crippen molar-refractivity contribution in [2.24, 2.45) is 0 Å². The Bertz CT molecular complexity index is 310. The summed E-state index contributed by atoms with van der Waals surface area (Å²) in [6, 6.07) is 11.6. The van der Waals surface area contributed by atoms with Crippen molar-refractivity contribution in [3.05, 3.63) is 48.8 Å². The van der Waals surface area contributed by atoms with Gasteiger partial charge in [-0.25, -0.2) is 0 Å². The van der Waals surface area contributed by atoms with Crippen molar-refractivity contribution < 1.29 is 41.7 Å². The number of pyridine rings is 2. The molecule has 0 aliphatic carbocycles. The largest absolute Gasteiger partial charge is 0.255 e. The van der Waals surface area contributed by atoms with Gasteiger partial charge in [-0.05, 0) is 24.3 Å². The molecule has 0 amide bonds. The average molecular weight is 296 g/mol. The van der Waals surface area contributed by atoms with Crippen molar-refractivity contribution in [3.8, 4) is 11.4 Å². The van der Waals surface area contributed by atoms with E-state index in [0.717, 1.165) is 11.4 Å². The first-order valence-corrected chi connectivity index (χ1v) is 3.79. The summed E-state index contributed by atoms with van der Waals surface area (Å²) in [5.74, 6) is 0. The fourth-order valence-electron chi connectivity index (χ4n) is 1.03. The van der Waals surface area contributed by atoms with E-state index in [1.165, 1.54) is 0 Å². The third kappa shape index (κ3) is 2.82. The topological polar surface area (TPSA) is 25.8 Å². The summed E-state index contributed by atoms with van der Waals surface area (Å²) in [6.07, 6.45) is 3.54. The second-order valence-electron chi connectivity index (χ2n) is 2.43. The van der Waals surface area contributed by atoms with Crippen LogP contribution in [0.15, 0.2) is 48.8 Å². The molecule has 0 spiro atoms. The van der Waals surface area contributed by atoms with E-state index in [1.807, 2.05) is 36.4 Å². The van der Waals surface area contributed by atoms with E-state index in [-0.39, 0.29) is 41.7 Å². The zero-order chi connectivity index (χ0) is 8.23. The van der Waals surface area contributed by atoms with E-state index < -0.39 is 0 Å². The average Bonchev–Trinajstić information content (AvgIpc) is 2.21. The zero-order valence-electron chi connectivity index (χ0n) is 7.01. The molecule has 2 nitrogen and oxygen atoms in total. The third-order valence-electron chi connectivity index (χ3n) is 1.59. The van der Waals surface area contributed by atoms with Crippen LogP contribution in [0.4, 0.5) is 0 Å². The molecule has 0 fully saturated rings. The van der Waals surface area contributed by atoms with E-state index >= 15 is 0 Å². The van der Waals surface area contributed by atoms with Crippen molar-refractivity contribution in [2.75, 3.05) is 0 Å². The molecule has 13 heavy (non-hydrogen) atoms. The molecule has 0 saturated heterocycles. The van der Waals surface area contributed by atoms with Crippen molar-refractivity contribution in [3.63, 3.8) is 0 Å². The summed E-state index contributed by atoms with van der Waals surface area (Å²) in [5, 5.41) is 0. The van der Waals surface area contributed by atoms with Gasteiger partial charge in [0.1, 0.15) is 0 Å². The Morgan fingerprint density at radius 3 is 1.46 bits per heavy atom. The van der Waals surface area contributed by atoms with Crippen LogP contribution in [0.5, 0.6) is 0 Å². The molecule has 2 aromatic rings. The van der Waals surface area contributed by atoms with Gasteiger partial charge in [-0.2, -0.15) is 0 Å². The molecule has 0 bridgehead atoms. The van der Waals surface area contributed by atoms with Crippen molar-refractivity contribution >= 4 is 0 Å². The summed E-state index contributed by atoms with van der Waals surface area (Å²) < 4.78 is 0. The molecule has 3 heteroatoms. The van der Waals surface area contributed by atoms with Crippen LogP contribution >= 0.6 is 0 Å². The fraction of sp³-hybridized carbons (Fsp3) is 0. The molecule has 0 atom stereocenters. The molecular weight excluding hydrogens is 288 g/mol. The van der Waals surface area contributed by atoms with E-state index in [9.17, 15) is 0 Å². The molecule has 0 aliphatic rings. The molecule has 0 radical (unpaired) electrons. The predicted molar refractivity (Wildman–Crippen MR) is 47.5 cm³/mol. The molecular formula is C10H8CeN2. The summed E-state index contributed by atoms with van der Waals surface area (Å²) in [5.41, 5.74) is 1.83. The second kappa shape index (κ2) is 5.42. The van der Waals surface area contributed by atoms with Gasteiger partial charge in [-0.15, -0.1) is 0 Å². The standard InChI is InChI=1S/C10H8N2.Ce/c1-3-7-11-9(5-1)10-6-2-4-8-12-10;/h1-8H;. The Hall–Kier alpha value is -0.323. The van der Waals surface area contributed by atoms with E-state index in [2.05, 4.69) is 9.97 Å². The van der Waals surface area contributed by atoms with Gasteiger partial charge in [0.15, 0.2) is 0 Å². The van der Waals surface area contributed by atoms with Crippen LogP contribution in [0.1, 0.15) is 0 Å². The first kappa shape index (κ1) is 10.8. The summed E-state index contributed by atoms with van der Waals surface area (Å²) in [7, 11) is 0. The first-order valence-electron chi connectivity index (χ1n) is 3.79. The van der Waals surface area contributed by atoms with Gasteiger partial charge in [-0.1, -0.05) is 12.1 Å². The van der Waals surface area contributed by atoms with E-state index in [1.54, 1.807) is 12.4 Å². The smallest absolute Gasteiger partial charge is 0.0886 e. The quantitative estimate of drug-likeness (QED) is 0.806. The van der Waals surface area contributed by atoms with Crippen LogP contribution in [0.25, 0.3) is 11.4 Å². The normalized spacial score (nSPS) is 8.92. The number of aromatic nitrogens is 2. The Morgan fingerprint density at radius 1 is 0.692 bits per heavy atom. The number of nitrogens with zero attached hydrogens (tertiary/aromatic N) is 2. The van der Waals surface area contributed by atoms with Crippen LogP contribution < -0.4 is 0 Å². The molecule has 0 saturated carbocycles. The predicted octanol–water partition coefficient (Wildman–Crippen LogP) is 2.14. The van der Waals surface area contributed by atoms with Crippen LogP contribution in [0.2, 0.25) is 0 Å². The van der Waals surface area contributed by atoms with E-state index in [4.69, 9.17) is 0 Å². The van der Waals surface area contributed by atoms with Gasteiger partial charge in [-0.3, -0.25) is 9.97 Å². The van der Waals surface area contributed by atoms with E-state index in [0.29, 0.717) is 0 Å². The zero-order valence-corrected chi connectivity index (χ0v) is 10.2. The van der Waals surface area contributed by atoms with Crippen LogP contribution in [0.3, 0.4) is 0 Å². The summed E-state index contributed by atoms with van der Waals surface area (Å²) >= 11 is 0. The Labute approximate surface area is 111 Å². The van der Waals surface area contributed by atoms with Crippen LogP contribution in [-0.2, 0) is 0 Å². The Morgan fingerprint density at radius 2 is 1.15 bits per heavy atom. The van der Waals surface area contributed by atoms with Gasteiger partial charge in [0.25, 0.3) is 0 Å². The van der Waals surface area contributed by atoms with Crippen molar-refractivity contribution in [1.82, 2.24) is 9.97 Å². The second-order valence-corrected chi connectivity index (χ2v) is 2.43. The molecule has 0 N–H and O–H groups in total. The first-order chi connectivity index (χ1) is 5.97. The minimum atomic E-state index is 0. The van der Waals surface area contributed by atoms with Crippen LogP contribution in [-0.4, -0.2) is 9.97 Å². The molecule has 2 aromatic heterocycles.